The summed E-state index contributed by atoms with van der Waals surface area (Å²) >= 11 is 9.42. The number of nitro benzene ring substituents is 1. The Kier molecular flexibility index (Phi) is 6.22. The number of halogens is 2. The molecule has 0 saturated carbocycles. The third-order valence-electron chi connectivity index (χ3n) is 3.21. The van der Waals surface area contributed by atoms with E-state index in [1.807, 2.05) is 13.0 Å². The predicted molar refractivity (Wildman–Crippen MR) is 97.7 cm³/mol. The van der Waals surface area contributed by atoms with Crippen LogP contribution in [0.15, 0.2) is 34.8 Å². The minimum absolute atomic E-state index is 0.136. The van der Waals surface area contributed by atoms with Crippen LogP contribution in [0.2, 0.25) is 5.02 Å². The number of anilines is 1. The molecule has 0 aliphatic rings. The number of methoxy groups -OCH3 is 1. The number of ether oxygens (including phenoxy) is 2. The van der Waals surface area contributed by atoms with Crippen LogP contribution in [0.4, 0.5) is 11.4 Å². The van der Waals surface area contributed by atoms with E-state index >= 15 is 0 Å². The van der Waals surface area contributed by atoms with Crippen molar-refractivity contribution in [2.24, 2.45) is 0 Å². The molecule has 0 atom stereocenters. The third-order valence-corrected chi connectivity index (χ3v) is 3.95. The van der Waals surface area contributed by atoms with Gasteiger partial charge in [0.15, 0.2) is 6.61 Å². The molecule has 9 heteroatoms. The Morgan fingerprint density at radius 3 is 2.68 bits per heavy atom. The fourth-order valence-corrected chi connectivity index (χ4v) is 3.12. The van der Waals surface area contributed by atoms with Crippen molar-refractivity contribution in [2.75, 3.05) is 19.0 Å². The zero-order valence-electron chi connectivity index (χ0n) is 13.3. The van der Waals surface area contributed by atoms with Crippen LogP contribution < -0.4 is 14.8 Å². The van der Waals surface area contributed by atoms with Crippen molar-refractivity contribution < 1.29 is 19.2 Å². The van der Waals surface area contributed by atoms with Gasteiger partial charge in [0, 0.05) is 10.5 Å². The van der Waals surface area contributed by atoms with Gasteiger partial charge in [0.2, 0.25) is 0 Å². The number of carbonyl (C=O) groups excluding carboxylic acids is 1. The lowest BCUT2D eigenvalue weighted by atomic mass is 10.2. The normalized spacial score (nSPS) is 10.2. The molecule has 0 heterocycles. The second-order valence-corrected chi connectivity index (χ2v) is 6.34. The average molecular weight is 430 g/mol. The van der Waals surface area contributed by atoms with Crippen molar-refractivity contribution in [3.8, 4) is 11.5 Å². The summed E-state index contributed by atoms with van der Waals surface area (Å²) in [5.41, 5.74) is 0.948. The quantitative estimate of drug-likeness (QED) is 0.545. The Labute approximate surface area is 157 Å². The molecular formula is C16H14BrClN2O5. The lowest BCUT2D eigenvalue weighted by Gasteiger charge is -2.13. The molecule has 25 heavy (non-hydrogen) atoms. The van der Waals surface area contributed by atoms with E-state index in [9.17, 15) is 14.9 Å². The molecule has 1 amide bonds. The molecular weight excluding hydrogens is 416 g/mol. The number of nitro groups is 1. The molecule has 1 N–H and O–H groups in total. The number of nitrogens with one attached hydrogen (secondary N) is 1. The van der Waals surface area contributed by atoms with Gasteiger partial charge in [0.1, 0.15) is 11.5 Å². The van der Waals surface area contributed by atoms with Crippen molar-refractivity contribution in [2.45, 2.75) is 6.92 Å². The van der Waals surface area contributed by atoms with Crippen LogP contribution in [0.25, 0.3) is 0 Å². The number of hydrogen-bond donors (Lipinski definition) is 1. The highest BCUT2D eigenvalue weighted by Gasteiger charge is 2.15. The molecule has 2 aromatic rings. The molecule has 0 bridgehead atoms. The van der Waals surface area contributed by atoms with E-state index in [1.54, 1.807) is 6.07 Å². The van der Waals surface area contributed by atoms with Crippen LogP contribution in [0, 0.1) is 17.0 Å². The molecule has 0 aromatic heterocycles. The summed E-state index contributed by atoms with van der Waals surface area (Å²) in [5.74, 6) is 0.140. The van der Waals surface area contributed by atoms with E-state index in [0.717, 1.165) is 10.0 Å². The number of aryl methyl sites for hydroxylation is 1. The Morgan fingerprint density at radius 2 is 2.08 bits per heavy atom. The summed E-state index contributed by atoms with van der Waals surface area (Å²) in [7, 11) is 1.36. The minimum Gasteiger partial charge on any atom is -0.494 e. The van der Waals surface area contributed by atoms with Crippen LogP contribution in [0.5, 0.6) is 11.5 Å². The summed E-state index contributed by atoms with van der Waals surface area (Å²) < 4.78 is 11.4. The first kappa shape index (κ1) is 19.0. The number of benzene rings is 2. The van der Waals surface area contributed by atoms with Gasteiger partial charge < -0.3 is 14.8 Å². The smallest absolute Gasteiger partial charge is 0.273 e. The van der Waals surface area contributed by atoms with Crippen LogP contribution in [-0.2, 0) is 4.79 Å². The van der Waals surface area contributed by atoms with Gasteiger partial charge in [0.25, 0.3) is 11.6 Å². The fraction of sp³-hybridized carbons (Fsp3) is 0.188. The topological polar surface area (TPSA) is 90.7 Å². The molecule has 0 radical (unpaired) electrons. The highest BCUT2D eigenvalue weighted by atomic mass is 79.9. The number of carbonyl (C=O) groups is 1. The zero-order chi connectivity index (χ0) is 18.6. The summed E-state index contributed by atoms with van der Waals surface area (Å²) in [5, 5.41) is 13.7. The number of nitrogens with zero attached hydrogens (tertiary/aromatic N) is 1. The monoisotopic (exact) mass is 428 g/mol. The highest BCUT2D eigenvalue weighted by molar-refractivity contribution is 9.10. The fourth-order valence-electron chi connectivity index (χ4n) is 2.09. The molecule has 0 aliphatic carbocycles. The first-order valence-electron chi connectivity index (χ1n) is 7.02. The summed E-state index contributed by atoms with van der Waals surface area (Å²) in [6.07, 6.45) is 0. The molecule has 0 fully saturated rings. The third kappa shape index (κ3) is 4.83. The molecule has 2 rings (SSSR count). The van der Waals surface area contributed by atoms with E-state index in [-0.39, 0.29) is 18.0 Å². The maximum Gasteiger partial charge on any atom is 0.273 e. The number of hydrogen-bond acceptors (Lipinski definition) is 5. The number of non-ortho nitro benzene ring substituents is 1. The Bertz CT molecular complexity index is 805. The van der Waals surface area contributed by atoms with Crippen molar-refractivity contribution in [1.29, 1.82) is 0 Å². The summed E-state index contributed by atoms with van der Waals surface area (Å²) in [4.78, 5) is 22.3. The number of amides is 1. The molecule has 0 spiro atoms. The van der Waals surface area contributed by atoms with Gasteiger partial charge >= 0.3 is 0 Å². The van der Waals surface area contributed by atoms with Crippen molar-refractivity contribution in [1.82, 2.24) is 0 Å². The van der Waals surface area contributed by atoms with Gasteiger partial charge in [-0.1, -0.05) is 27.5 Å². The molecule has 0 aliphatic heterocycles. The van der Waals surface area contributed by atoms with E-state index in [4.69, 9.17) is 21.1 Å². The maximum absolute atomic E-state index is 12.1. The van der Waals surface area contributed by atoms with Crippen LogP contribution in [0.3, 0.4) is 0 Å². The first-order valence-corrected chi connectivity index (χ1v) is 8.19. The molecule has 132 valence electrons. The molecule has 0 saturated heterocycles. The van der Waals surface area contributed by atoms with Gasteiger partial charge in [-0.3, -0.25) is 14.9 Å². The summed E-state index contributed by atoms with van der Waals surface area (Å²) in [6.45, 7) is 1.53. The largest absolute Gasteiger partial charge is 0.494 e. The second-order valence-electron chi connectivity index (χ2n) is 5.01. The standard InChI is InChI=1S/C16H14BrClN2O5/c1-9-5-10(17)6-12(18)16(9)25-8-15(21)19-13-4-3-11(20(22)23)7-14(13)24-2/h3-7H,8H2,1-2H3,(H,19,21). The van der Waals surface area contributed by atoms with Gasteiger partial charge in [0.05, 0.1) is 28.8 Å². The lowest BCUT2D eigenvalue weighted by Crippen LogP contribution is -2.21. The lowest BCUT2D eigenvalue weighted by molar-refractivity contribution is -0.384. The van der Waals surface area contributed by atoms with Crippen LogP contribution in [-0.4, -0.2) is 24.5 Å². The Hall–Kier alpha value is -2.32. The molecule has 2 aromatic carbocycles. The van der Waals surface area contributed by atoms with Crippen LogP contribution >= 0.6 is 27.5 Å². The molecule has 7 nitrogen and oxygen atoms in total. The van der Waals surface area contributed by atoms with Gasteiger partial charge in [-0.25, -0.2) is 0 Å². The van der Waals surface area contributed by atoms with Crippen molar-refractivity contribution >= 4 is 44.8 Å². The average Bonchev–Trinajstić information content (AvgIpc) is 2.53. The minimum atomic E-state index is -0.546. The zero-order valence-corrected chi connectivity index (χ0v) is 15.7. The Balaban J connectivity index is 2.07. The summed E-state index contributed by atoms with van der Waals surface area (Å²) in [6, 6.07) is 7.38. The highest BCUT2D eigenvalue weighted by Crippen LogP contribution is 2.32. The Morgan fingerprint density at radius 1 is 1.36 bits per heavy atom. The van der Waals surface area contributed by atoms with E-state index in [1.165, 1.54) is 25.3 Å². The van der Waals surface area contributed by atoms with E-state index < -0.39 is 10.8 Å². The van der Waals surface area contributed by atoms with Crippen LogP contribution in [0.1, 0.15) is 5.56 Å². The van der Waals surface area contributed by atoms with Gasteiger partial charge in [-0.2, -0.15) is 0 Å². The van der Waals surface area contributed by atoms with Gasteiger partial charge in [-0.15, -0.1) is 0 Å². The maximum atomic E-state index is 12.1. The van der Waals surface area contributed by atoms with Gasteiger partial charge in [-0.05, 0) is 30.7 Å². The number of rotatable bonds is 6. The van der Waals surface area contributed by atoms with Crippen molar-refractivity contribution in [3.63, 3.8) is 0 Å². The predicted octanol–water partition coefficient (Wildman–Crippen LogP) is 4.35. The second kappa shape index (κ2) is 8.17. The van der Waals surface area contributed by atoms with E-state index in [0.29, 0.717) is 16.5 Å². The van der Waals surface area contributed by atoms with E-state index in [2.05, 4.69) is 21.2 Å². The molecule has 0 unspecified atom stereocenters. The van der Waals surface area contributed by atoms with Crippen molar-refractivity contribution in [3.05, 3.63) is 55.5 Å². The SMILES string of the molecule is COc1cc([N+](=O)[O-])ccc1NC(=O)COc1c(C)cc(Br)cc1Cl. The first-order chi connectivity index (χ1) is 11.8.